The van der Waals surface area contributed by atoms with Crippen molar-refractivity contribution in [2.75, 3.05) is 5.32 Å². The molecule has 2 rings (SSSR count). The second-order valence-electron chi connectivity index (χ2n) is 3.08. The van der Waals surface area contributed by atoms with Crippen molar-refractivity contribution < 1.29 is 0 Å². The Morgan fingerprint density at radius 3 is 3.06 bits per heavy atom. The van der Waals surface area contributed by atoms with Crippen molar-refractivity contribution in [1.29, 1.82) is 5.26 Å². The molecule has 1 aromatic heterocycles. The van der Waals surface area contributed by atoms with Gasteiger partial charge in [-0.1, -0.05) is 15.9 Å². The third-order valence-corrected chi connectivity index (χ3v) is 3.29. The molecule has 0 spiro atoms. The van der Waals surface area contributed by atoms with Crippen molar-refractivity contribution >= 4 is 33.0 Å². The Bertz CT molecular complexity index is 517. The molecule has 1 N–H and O–H groups in total. The summed E-state index contributed by atoms with van der Waals surface area (Å²) in [5, 5.41) is 15.1. The van der Waals surface area contributed by atoms with Crippen LogP contribution in [0.3, 0.4) is 0 Å². The van der Waals surface area contributed by atoms with Gasteiger partial charge in [0.2, 0.25) is 0 Å². The van der Waals surface area contributed by atoms with Crippen LogP contribution in [-0.4, -0.2) is 4.98 Å². The van der Waals surface area contributed by atoms with Gasteiger partial charge in [-0.15, -0.1) is 11.3 Å². The third-order valence-electron chi connectivity index (χ3n) is 2.02. The Morgan fingerprint density at radius 1 is 1.50 bits per heavy atom. The molecule has 3 nitrogen and oxygen atoms in total. The number of rotatable bonds is 3. The molecular weight excluding hydrogens is 286 g/mol. The number of nitriles is 1. The van der Waals surface area contributed by atoms with Crippen molar-refractivity contribution in [3.63, 3.8) is 0 Å². The predicted octanol–water partition coefficient (Wildman–Crippen LogP) is 3.39. The summed E-state index contributed by atoms with van der Waals surface area (Å²) >= 11 is 4.97. The van der Waals surface area contributed by atoms with Crippen molar-refractivity contribution in [2.24, 2.45) is 0 Å². The fourth-order valence-corrected chi connectivity index (χ4v) is 2.19. The average Bonchev–Trinajstić information content (AvgIpc) is 2.79. The Labute approximate surface area is 106 Å². The highest BCUT2D eigenvalue weighted by molar-refractivity contribution is 9.10. The van der Waals surface area contributed by atoms with E-state index in [4.69, 9.17) is 5.26 Å². The van der Waals surface area contributed by atoms with Gasteiger partial charge in [0.1, 0.15) is 11.1 Å². The predicted molar refractivity (Wildman–Crippen MR) is 68.3 cm³/mol. The molecule has 80 valence electrons. The fraction of sp³-hybridized carbons (Fsp3) is 0.0909. The molecule has 0 saturated heterocycles. The van der Waals surface area contributed by atoms with Gasteiger partial charge in [0.15, 0.2) is 0 Å². The molecule has 0 aliphatic heterocycles. The maximum atomic E-state index is 8.95. The number of halogens is 1. The number of anilines is 1. The average molecular weight is 294 g/mol. The fourth-order valence-electron chi connectivity index (χ4n) is 1.27. The minimum absolute atomic E-state index is 0.639. The van der Waals surface area contributed by atoms with E-state index in [9.17, 15) is 0 Å². The highest BCUT2D eigenvalue weighted by Gasteiger charge is 2.03. The quantitative estimate of drug-likeness (QED) is 0.944. The number of hydrogen-bond donors (Lipinski definition) is 1. The Kier molecular flexibility index (Phi) is 3.54. The molecule has 16 heavy (non-hydrogen) atoms. The molecule has 0 amide bonds. The first kappa shape index (κ1) is 11.1. The van der Waals surface area contributed by atoms with Crippen molar-refractivity contribution in [3.05, 3.63) is 44.8 Å². The van der Waals surface area contributed by atoms with Gasteiger partial charge in [-0.2, -0.15) is 5.26 Å². The first-order valence-electron chi connectivity index (χ1n) is 4.61. The van der Waals surface area contributed by atoms with Crippen LogP contribution in [0.5, 0.6) is 0 Å². The number of thiazole rings is 1. The lowest BCUT2D eigenvalue weighted by Crippen LogP contribution is -2.00. The molecule has 0 aliphatic rings. The molecule has 0 unspecified atom stereocenters. The van der Waals surface area contributed by atoms with Crippen LogP contribution in [0.2, 0.25) is 0 Å². The van der Waals surface area contributed by atoms with Crippen molar-refractivity contribution in [3.8, 4) is 6.07 Å². The minimum atomic E-state index is 0.639. The zero-order valence-corrected chi connectivity index (χ0v) is 10.7. The van der Waals surface area contributed by atoms with Gasteiger partial charge >= 0.3 is 0 Å². The Hall–Kier alpha value is -1.38. The third kappa shape index (κ3) is 2.60. The molecular formula is C11H8BrN3S. The molecule has 0 aliphatic carbocycles. The second kappa shape index (κ2) is 5.10. The van der Waals surface area contributed by atoms with Crippen LogP contribution in [0.15, 0.2) is 34.2 Å². The maximum Gasteiger partial charge on any atom is 0.112 e. The summed E-state index contributed by atoms with van der Waals surface area (Å²) in [6.07, 6.45) is 1.77. The van der Waals surface area contributed by atoms with Crippen LogP contribution in [0.1, 0.15) is 10.6 Å². The molecule has 0 bridgehead atoms. The highest BCUT2D eigenvalue weighted by atomic mass is 79.9. The van der Waals surface area contributed by atoms with Crippen molar-refractivity contribution in [1.82, 2.24) is 4.98 Å². The van der Waals surface area contributed by atoms with Crippen LogP contribution in [-0.2, 0) is 6.54 Å². The van der Waals surface area contributed by atoms with E-state index in [2.05, 4.69) is 32.3 Å². The smallest absolute Gasteiger partial charge is 0.112 e. The number of nitrogens with one attached hydrogen (secondary N) is 1. The number of aromatic nitrogens is 1. The summed E-state index contributed by atoms with van der Waals surface area (Å²) < 4.78 is 0.952. The van der Waals surface area contributed by atoms with E-state index < -0.39 is 0 Å². The van der Waals surface area contributed by atoms with Crippen molar-refractivity contribution in [2.45, 2.75) is 6.54 Å². The lowest BCUT2D eigenvalue weighted by Gasteiger charge is -2.06. The van der Waals surface area contributed by atoms with Gasteiger partial charge in [0.05, 0.1) is 17.8 Å². The maximum absolute atomic E-state index is 8.95. The molecule has 1 aromatic carbocycles. The zero-order chi connectivity index (χ0) is 11.4. The van der Waals surface area contributed by atoms with Gasteiger partial charge in [-0.05, 0) is 18.2 Å². The first-order valence-corrected chi connectivity index (χ1v) is 6.29. The number of nitrogens with zero attached hydrogens (tertiary/aromatic N) is 2. The van der Waals surface area contributed by atoms with Crippen LogP contribution < -0.4 is 5.32 Å². The van der Waals surface area contributed by atoms with Gasteiger partial charge in [-0.25, -0.2) is 4.98 Å². The SMILES string of the molecule is N#Cc1ccc(Br)cc1NCc1nccs1. The van der Waals surface area contributed by atoms with E-state index in [0.29, 0.717) is 12.1 Å². The molecule has 0 fully saturated rings. The highest BCUT2D eigenvalue weighted by Crippen LogP contribution is 2.21. The van der Waals surface area contributed by atoms with E-state index in [-0.39, 0.29) is 0 Å². The van der Waals surface area contributed by atoms with Crippen LogP contribution in [0, 0.1) is 11.3 Å². The Balaban J connectivity index is 2.15. The molecule has 1 heterocycles. The first-order chi connectivity index (χ1) is 7.79. The van der Waals surface area contributed by atoms with E-state index in [1.165, 1.54) is 0 Å². The van der Waals surface area contributed by atoms with Gasteiger partial charge < -0.3 is 5.32 Å². The van der Waals surface area contributed by atoms with Crippen LogP contribution in [0.25, 0.3) is 0 Å². The molecule has 5 heteroatoms. The van der Waals surface area contributed by atoms with E-state index >= 15 is 0 Å². The lowest BCUT2D eigenvalue weighted by atomic mass is 10.2. The monoisotopic (exact) mass is 293 g/mol. The standard InChI is InChI=1S/C11H8BrN3S/c12-9-2-1-8(6-13)10(5-9)15-7-11-14-3-4-16-11/h1-5,15H,7H2. The van der Waals surface area contributed by atoms with Gasteiger partial charge in [0.25, 0.3) is 0 Å². The topological polar surface area (TPSA) is 48.7 Å². The summed E-state index contributed by atoms with van der Waals surface area (Å²) in [5.74, 6) is 0. The van der Waals surface area contributed by atoms with E-state index in [0.717, 1.165) is 15.2 Å². The molecule has 0 saturated carbocycles. The van der Waals surface area contributed by atoms with E-state index in [1.807, 2.05) is 17.5 Å². The molecule has 0 radical (unpaired) electrons. The summed E-state index contributed by atoms with van der Waals surface area (Å²) in [5.41, 5.74) is 1.46. The number of benzene rings is 1. The number of hydrogen-bond acceptors (Lipinski definition) is 4. The van der Waals surface area contributed by atoms with Gasteiger partial charge in [0, 0.05) is 16.0 Å². The summed E-state index contributed by atoms with van der Waals surface area (Å²) in [6.45, 7) is 0.642. The second-order valence-corrected chi connectivity index (χ2v) is 4.98. The van der Waals surface area contributed by atoms with Crippen LogP contribution >= 0.6 is 27.3 Å². The lowest BCUT2D eigenvalue weighted by molar-refractivity contribution is 1.10. The molecule has 0 atom stereocenters. The minimum Gasteiger partial charge on any atom is -0.377 e. The summed E-state index contributed by atoms with van der Waals surface area (Å²) in [4.78, 5) is 4.17. The molecule has 2 aromatic rings. The summed E-state index contributed by atoms with van der Waals surface area (Å²) in [6, 6.07) is 7.69. The zero-order valence-electron chi connectivity index (χ0n) is 8.27. The van der Waals surface area contributed by atoms with E-state index in [1.54, 1.807) is 23.6 Å². The van der Waals surface area contributed by atoms with Crippen LogP contribution in [0.4, 0.5) is 5.69 Å². The summed E-state index contributed by atoms with van der Waals surface area (Å²) in [7, 11) is 0. The Morgan fingerprint density at radius 2 is 2.38 bits per heavy atom. The normalized spacial score (nSPS) is 9.75. The largest absolute Gasteiger partial charge is 0.377 e. The van der Waals surface area contributed by atoms with Gasteiger partial charge in [-0.3, -0.25) is 0 Å².